The first kappa shape index (κ1) is 24.6. The SMILES string of the molecule is N.O=C(O)O.O=C(O)O.OC1CCC(n2cnc3c(Cl)nc(Cl)nc32)C1O. The van der Waals surface area contributed by atoms with E-state index in [-0.39, 0.29) is 22.6 Å². The molecule has 13 nitrogen and oxygen atoms in total. The second-order valence-corrected chi connectivity index (χ2v) is 5.57. The molecule has 9 N–H and O–H groups in total. The quantitative estimate of drug-likeness (QED) is 0.253. The zero-order valence-corrected chi connectivity index (χ0v) is 15.0. The van der Waals surface area contributed by atoms with Crippen LogP contribution in [0.4, 0.5) is 9.59 Å². The third-order valence-electron chi connectivity index (χ3n) is 3.26. The van der Waals surface area contributed by atoms with Crippen LogP contribution in [0.15, 0.2) is 6.33 Å². The van der Waals surface area contributed by atoms with Crippen LogP contribution in [-0.2, 0) is 0 Å². The second-order valence-electron chi connectivity index (χ2n) is 4.88. The lowest BCUT2D eigenvalue weighted by molar-refractivity contribution is 0.0241. The Bertz CT molecular complexity index is 768. The summed E-state index contributed by atoms with van der Waals surface area (Å²) in [5.74, 6) is 0. The van der Waals surface area contributed by atoms with Crippen LogP contribution in [0.3, 0.4) is 0 Å². The molecule has 0 aliphatic heterocycles. The highest BCUT2D eigenvalue weighted by atomic mass is 35.5. The van der Waals surface area contributed by atoms with Gasteiger partial charge in [0.05, 0.1) is 18.5 Å². The van der Waals surface area contributed by atoms with Gasteiger partial charge in [0.2, 0.25) is 5.28 Å². The van der Waals surface area contributed by atoms with Crippen molar-refractivity contribution in [3.63, 3.8) is 0 Å². The van der Waals surface area contributed by atoms with Gasteiger partial charge in [-0.1, -0.05) is 11.6 Å². The van der Waals surface area contributed by atoms with Gasteiger partial charge in [0, 0.05) is 0 Å². The summed E-state index contributed by atoms with van der Waals surface area (Å²) in [5.41, 5.74) is 0.910. The molecule has 3 rings (SSSR count). The Morgan fingerprint density at radius 3 is 2.00 bits per heavy atom. The van der Waals surface area contributed by atoms with E-state index in [0.29, 0.717) is 24.0 Å². The van der Waals surface area contributed by atoms with Crippen LogP contribution in [-0.4, -0.2) is 74.7 Å². The molecule has 152 valence electrons. The average Bonchev–Trinajstić information content (AvgIpc) is 3.03. The molecule has 2 aromatic rings. The van der Waals surface area contributed by atoms with E-state index in [1.807, 2.05) is 0 Å². The molecule has 3 atom stereocenters. The highest BCUT2D eigenvalue weighted by Crippen LogP contribution is 2.33. The molecule has 15 heteroatoms. The number of nitrogens with zero attached hydrogens (tertiary/aromatic N) is 4. The molecule has 0 radical (unpaired) electrons. The van der Waals surface area contributed by atoms with Crippen molar-refractivity contribution < 1.29 is 40.2 Å². The van der Waals surface area contributed by atoms with Crippen molar-refractivity contribution in [1.82, 2.24) is 25.7 Å². The van der Waals surface area contributed by atoms with Crippen LogP contribution in [0.25, 0.3) is 11.2 Å². The summed E-state index contributed by atoms with van der Waals surface area (Å²) in [6.07, 6.45) is -2.51. The summed E-state index contributed by atoms with van der Waals surface area (Å²) >= 11 is 11.7. The van der Waals surface area contributed by atoms with Gasteiger partial charge in [-0.05, 0) is 24.4 Å². The number of carbonyl (C=O) groups is 2. The predicted octanol–water partition coefficient (Wildman–Crippen LogP) is 1.80. The molecular formula is C12H17Cl2N5O8. The maximum Gasteiger partial charge on any atom is 0.503 e. The van der Waals surface area contributed by atoms with Gasteiger partial charge >= 0.3 is 12.3 Å². The van der Waals surface area contributed by atoms with E-state index in [9.17, 15) is 10.2 Å². The molecular weight excluding hydrogens is 413 g/mol. The Labute approximate surface area is 161 Å². The predicted molar refractivity (Wildman–Crippen MR) is 92.0 cm³/mol. The molecule has 1 aliphatic carbocycles. The number of aliphatic hydroxyl groups is 2. The van der Waals surface area contributed by atoms with Crippen LogP contribution >= 0.6 is 23.2 Å². The molecule has 2 heterocycles. The van der Waals surface area contributed by atoms with Crippen molar-refractivity contribution >= 4 is 46.7 Å². The minimum Gasteiger partial charge on any atom is -0.450 e. The van der Waals surface area contributed by atoms with Gasteiger partial charge in [-0.15, -0.1) is 0 Å². The van der Waals surface area contributed by atoms with E-state index < -0.39 is 24.5 Å². The van der Waals surface area contributed by atoms with E-state index in [1.165, 1.54) is 6.33 Å². The zero-order chi connectivity index (χ0) is 20.0. The maximum absolute atomic E-state index is 9.92. The number of carboxylic acid groups (broad SMARTS) is 4. The van der Waals surface area contributed by atoms with E-state index in [2.05, 4.69) is 15.0 Å². The fraction of sp³-hybridized carbons (Fsp3) is 0.417. The van der Waals surface area contributed by atoms with Gasteiger partial charge in [-0.2, -0.15) is 4.98 Å². The molecule has 1 saturated carbocycles. The number of aliphatic hydroxyl groups excluding tert-OH is 2. The highest BCUT2D eigenvalue weighted by molar-refractivity contribution is 6.35. The number of hydrogen-bond donors (Lipinski definition) is 7. The molecule has 0 bridgehead atoms. The lowest BCUT2D eigenvalue weighted by Crippen LogP contribution is -2.26. The summed E-state index contributed by atoms with van der Waals surface area (Å²) in [7, 11) is 0. The van der Waals surface area contributed by atoms with Crippen LogP contribution < -0.4 is 6.15 Å². The number of hydrogen-bond acceptors (Lipinski definition) is 8. The second kappa shape index (κ2) is 10.6. The fourth-order valence-corrected chi connectivity index (χ4v) is 2.76. The summed E-state index contributed by atoms with van der Waals surface area (Å²) in [6, 6.07) is -0.271. The van der Waals surface area contributed by atoms with Crippen LogP contribution in [0.1, 0.15) is 18.9 Å². The molecule has 2 aromatic heterocycles. The standard InChI is InChI=1S/C10H10Cl2N4O2.2CH2O3.H3N/c11-8-6-9(15-10(12)14-8)16(3-13-6)4-1-2-5(17)7(4)18;2*2-1(3)4;/h3-5,7,17-18H,1-2H2;2*(H2,2,3,4);1H3. The molecule has 3 unspecified atom stereocenters. The van der Waals surface area contributed by atoms with Crippen molar-refractivity contribution in [1.29, 1.82) is 0 Å². The first-order chi connectivity index (χ1) is 12.0. The Balaban J connectivity index is 0.000000646. The van der Waals surface area contributed by atoms with Crippen molar-refractivity contribution in [2.75, 3.05) is 0 Å². The van der Waals surface area contributed by atoms with Crippen LogP contribution in [0, 0.1) is 0 Å². The normalized spacial score (nSPS) is 20.5. The maximum atomic E-state index is 9.92. The monoisotopic (exact) mass is 429 g/mol. The van der Waals surface area contributed by atoms with Gasteiger partial charge in [0.25, 0.3) is 0 Å². The zero-order valence-electron chi connectivity index (χ0n) is 13.5. The molecule has 0 aromatic carbocycles. The molecule has 27 heavy (non-hydrogen) atoms. The molecule has 1 aliphatic rings. The van der Waals surface area contributed by atoms with Gasteiger partial charge in [-0.25, -0.2) is 19.6 Å². The van der Waals surface area contributed by atoms with Crippen molar-refractivity contribution in [2.24, 2.45) is 0 Å². The van der Waals surface area contributed by atoms with Crippen LogP contribution in [0.5, 0.6) is 0 Å². The Morgan fingerprint density at radius 1 is 1.04 bits per heavy atom. The summed E-state index contributed by atoms with van der Waals surface area (Å²) in [5, 5.41) is 47.6. The average molecular weight is 430 g/mol. The highest BCUT2D eigenvalue weighted by Gasteiger charge is 2.35. The first-order valence-corrected chi connectivity index (χ1v) is 7.55. The van der Waals surface area contributed by atoms with Gasteiger partial charge < -0.3 is 41.4 Å². The van der Waals surface area contributed by atoms with E-state index in [1.54, 1.807) is 4.57 Å². The minimum absolute atomic E-state index is 0. The lowest BCUT2D eigenvalue weighted by Gasteiger charge is -2.18. The first-order valence-electron chi connectivity index (χ1n) is 6.80. The largest absolute Gasteiger partial charge is 0.503 e. The summed E-state index contributed by atoms with van der Waals surface area (Å²) in [4.78, 5) is 29.1. The molecule has 0 amide bonds. The molecule has 0 spiro atoms. The third kappa shape index (κ3) is 6.99. The minimum atomic E-state index is -1.83. The van der Waals surface area contributed by atoms with Gasteiger partial charge in [0.1, 0.15) is 11.6 Å². The number of imidazole rings is 1. The summed E-state index contributed by atoms with van der Waals surface area (Å²) < 4.78 is 1.69. The van der Waals surface area contributed by atoms with Crippen molar-refractivity contribution in [2.45, 2.75) is 31.1 Å². The van der Waals surface area contributed by atoms with E-state index in [4.69, 9.17) is 53.2 Å². The van der Waals surface area contributed by atoms with Gasteiger partial charge in [0.15, 0.2) is 10.8 Å². The third-order valence-corrected chi connectivity index (χ3v) is 3.69. The Morgan fingerprint density at radius 2 is 1.56 bits per heavy atom. The molecule has 1 fully saturated rings. The fourth-order valence-electron chi connectivity index (χ4n) is 2.34. The van der Waals surface area contributed by atoms with E-state index in [0.717, 1.165) is 0 Å². The topological polar surface area (TPSA) is 234 Å². The Hall–Kier alpha value is -2.45. The number of aromatic nitrogens is 4. The van der Waals surface area contributed by atoms with E-state index >= 15 is 0 Å². The number of fused-ring (bicyclic) bond motifs is 1. The smallest absolute Gasteiger partial charge is 0.450 e. The lowest BCUT2D eigenvalue weighted by atomic mass is 10.2. The Kier molecular flexibility index (Phi) is 9.67. The van der Waals surface area contributed by atoms with Gasteiger partial charge in [-0.3, -0.25) is 0 Å². The van der Waals surface area contributed by atoms with Crippen molar-refractivity contribution in [3.8, 4) is 0 Å². The van der Waals surface area contributed by atoms with Crippen LogP contribution in [0.2, 0.25) is 10.4 Å². The van der Waals surface area contributed by atoms with Crippen molar-refractivity contribution in [3.05, 3.63) is 16.8 Å². The molecule has 0 saturated heterocycles. The number of halogens is 2. The summed E-state index contributed by atoms with van der Waals surface area (Å²) in [6.45, 7) is 0. The number of rotatable bonds is 1.